The summed E-state index contributed by atoms with van der Waals surface area (Å²) in [5, 5.41) is 33.1. The number of rotatable bonds is 29. The molecule has 12 rings (SSSR count). The van der Waals surface area contributed by atoms with Crippen LogP contribution in [0.15, 0.2) is 276 Å². The predicted octanol–water partition coefficient (Wildman–Crippen LogP) is 17.4. The van der Waals surface area contributed by atoms with E-state index in [4.69, 9.17) is 4.74 Å². The molecule has 0 aliphatic rings. The molecule has 7 aromatic carbocycles. The van der Waals surface area contributed by atoms with Crippen molar-refractivity contribution in [3.8, 4) is 22.8 Å². The Balaban J connectivity index is 0.000000176. The summed E-state index contributed by atoms with van der Waals surface area (Å²) in [7, 11) is 4.02. The van der Waals surface area contributed by atoms with Crippen LogP contribution in [0.1, 0.15) is 27.8 Å². The summed E-state index contributed by atoms with van der Waals surface area (Å²) in [6, 6.07) is 56.2. The number of amides is 4. The van der Waals surface area contributed by atoms with Gasteiger partial charge < -0.3 is 72.9 Å². The van der Waals surface area contributed by atoms with Crippen molar-refractivity contribution in [1.82, 2.24) is 55.1 Å². The quantitative estimate of drug-likeness (QED) is 0.0194. The Morgan fingerprint density at radius 2 is 0.861 bits per heavy atom. The minimum Gasteiger partial charge on any atom is -0.492 e. The molecule has 11 N–H and O–H groups in total. The Kier molecular flexibility index (Phi) is 30.7. The number of alkyl halides is 3. The number of likely N-dealkylation sites (N-methyl/N-ethyl adjacent to an activating group) is 1. The van der Waals surface area contributed by atoms with Gasteiger partial charge in [-0.05, 0) is 192 Å². The van der Waals surface area contributed by atoms with E-state index in [0.29, 0.717) is 71.1 Å². The Hall–Kier alpha value is -15.2. The average Bonchev–Trinajstić information content (AvgIpc) is 0.857. The molecule has 0 saturated carbocycles. The van der Waals surface area contributed by atoms with Crippen LogP contribution in [0.3, 0.4) is 0 Å². The van der Waals surface area contributed by atoms with Crippen molar-refractivity contribution in [2.24, 2.45) is 0 Å². The maximum atomic E-state index is 12.4. The molecule has 5 aromatic heterocycles. The van der Waals surface area contributed by atoms with Crippen molar-refractivity contribution < 1.29 is 41.8 Å². The van der Waals surface area contributed by atoms with E-state index >= 15 is 0 Å². The van der Waals surface area contributed by atoms with Crippen LogP contribution in [0.25, 0.3) is 11.3 Å². The number of nitrogens with one attached hydrogen (secondary N) is 11. The minimum atomic E-state index is -4.78. The van der Waals surface area contributed by atoms with Crippen molar-refractivity contribution in [2.45, 2.75) is 40.6 Å². The smallest absolute Gasteiger partial charge is 0.492 e. The zero-order valence-electron chi connectivity index (χ0n) is 63.7. The maximum Gasteiger partial charge on any atom is 0.573 e. The first-order valence-electron chi connectivity index (χ1n) is 35.5. The molecule has 12 aromatic rings. The molecular weight excluding hydrogens is 1470 g/mol. The molecule has 0 aliphatic carbocycles. The number of aryl methyl sites for hydroxylation is 4. The number of anilines is 17. The average molecular weight is 1550 g/mol. The van der Waals surface area contributed by atoms with E-state index < -0.39 is 6.36 Å². The highest BCUT2D eigenvalue weighted by atomic mass is 19.4. The molecule has 0 unspecified atom stereocenters. The lowest BCUT2D eigenvalue weighted by Crippen LogP contribution is -2.19. The van der Waals surface area contributed by atoms with Crippen LogP contribution in [-0.2, 0) is 25.7 Å². The second kappa shape index (κ2) is 42.1. The number of carbonyl (C=O) groups is 4. The number of para-hydroxylation sites is 1. The van der Waals surface area contributed by atoms with E-state index in [-0.39, 0.29) is 35.3 Å². The van der Waals surface area contributed by atoms with E-state index in [2.05, 4.69) is 139 Å². The third kappa shape index (κ3) is 28.3. The molecule has 586 valence electrons. The SMILES string of the molecule is C=CC(=O)NCc1ccc(Nc2nc(Nc3ccccc3)ncc2C)cc1.C=CC(=O)Nc1ccc(C)c(Nc2nccc(-c3cccnc3)n2)c1.C=CC(=O)Nc1cccc(Nc2nc(Nc3cccc(OC(F)(F)F)c3)ncc2C)c1.C=CC(=O)Nc1cccc(Nc2nc(Nc3cccc(OCCN(C)C)c3)ncc2C)c1. The summed E-state index contributed by atoms with van der Waals surface area (Å²) in [5.74, 6) is 2.87. The van der Waals surface area contributed by atoms with E-state index in [1.165, 1.54) is 42.5 Å². The number of ether oxygens (including phenoxy) is 2. The molecule has 4 amide bonds. The zero-order valence-corrected chi connectivity index (χ0v) is 63.7. The van der Waals surface area contributed by atoms with Gasteiger partial charge in [0.15, 0.2) is 0 Å². The number of hydrogen-bond donors (Lipinski definition) is 11. The van der Waals surface area contributed by atoms with Gasteiger partial charge in [-0.3, -0.25) is 24.2 Å². The van der Waals surface area contributed by atoms with E-state index in [1.807, 2.05) is 168 Å². The molecule has 0 radical (unpaired) electrons. The lowest BCUT2D eigenvalue weighted by molar-refractivity contribution is -0.274. The summed E-state index contributed by atoms with van der Waals surface area (Å²) < 4.78 is 47.0. The molecule has 115 heavy (non-hydrogen) atoms. The Labute approximate surface area is 663 Å². The monoisotopic (exact) mass is 1550 g/mol. The second-order valence-electron chi connectivity index (χ2n) is 25.1. The van der Waals surface area contributed by atoms with Gasteiger partial charge in [0.25, 0.3) is 0 Å². The fourth-order valence-corrected chi connectivity index (χ4v) is 9.93. The number of carbonyl (C=O) groups excluding carboxylic acids is 4. The number of nitrogens with zero attached hydrogens (tertiary/aromatic N) is 10. The first-order chi connectivity index (χ1) is 55.4. The summed E-state index contributed by atoms with van der Waals surface area (Å²) >= 11 is 0. The highest BCUT2D eigenvalue weighted by Gasteiger charge is 2.31. The van der Waals surface area contributed by atoms with Crippen LogP contribution in [-0.4, -0.2) is 107 Å². The molecule has 0 atom stereocenters. The highest BCUT2D eigenvalue weighted by Crippen LogP contribution is 2.31. The van der Waals surface area contributed by atoms with Gasteiger partial charge in [0.2, 0.25) is 47.4 Å². The van der Waals surface area contributed by atoms with E-state index in [9.17, 15) is 32.3 Å². The number of hydrogen-bond acceptors (Lipinski definition) is 23. The van der Waals surface area contributed by atoms with Gasteiger partial charge in [0.05, 0.1) is 5.69 Å². The fourth-order valence-electron chi connectivity index (χ4n) is 9.93. The maximum absolute atomic E-state index is 12.4. The largest absolute Gasteiger partial charge is 0.573 e. The third-order valence-corrected chi connectivity index (χ3v) is 15.7. The highest BCUT2D eigenvalue weighted by molar-refractivity contribution is 6.00. The van der Waals surface area contributed by atoms with Crippen molar-refractivity contribution in [1.29, 1.82) is 0 Å². The minimum absolute atomic E-state index is 0.174. The number of benzene rings is 7. The molecule has 0 fully saturated rings. The predicted molar refractivity (Wildman–Crippen MR) is 448 cm³/mol. The second-order valence-corrected chi connectivity index (χ2v) is 25.1. The van der Waals surface area contributed by atoms with Crippen molar-refractivity contribution in [3.05, 3.63) is 304 Å². The Morgan fingerprint density at radius 3 is 1.37 bits per heavy atom. The van der Waals surface area contributed by atoms with E-state index in [0.717, 1.165) is 85.6 Å². The molecule has 0 aliphatic heterocycles. The van der Waals surface area contributed by atoms with Crippen molar-refractivity contribution >= 4 is 122 Å². The third-order valence-electron chi connectivity index (χ3n) is 15.7. The number of halogens is 3. The first kappa shape index (κ1) is 83.8. The summed E-state index contributed by atoms with van der Waals surface area (Å²) in [4.78, 5) is 87.1. The topological polar surface area (TPSA) is 338 Å². The molecule has 0 bridgehead atoms. The summed E-state index contributed by atoms with van der Waals surface area (Å²) in [6.07, 6.45) is 10.4. The Bertz CT molecular complexity index is 5330. The molecule has 0 spiro atoms. The normalized spacial score (nSPS) is 10.4. The van der Waals surface area contributed by atoms with Crippen molar-refractivity contribution in [3.63, 3.8) is 0 Å². The zero-order chi connectivity index (χ0) is 82.1. The van der Waals surface area contributed by atoms with Crippen LogP contribution >= 0.6 is 0 Å². The summed E-state index contributed by atoms with van der Waals surface area (Å²) in [6.45, 7) is 23.3. The number of pyridine rings is 1. The van der Waals surface area contributed by atoms with Gasteiger partial charge in [-0.25, -0.2) is 24.9 Å². The molecule has 30 heteroatoms. The molecule has 5 heterocycles. The van der Waals surface area contributed by atoms with Gasteiger partial charge in [0.1, 0.15) is 35.6 Å². The standard InChI is InChI=1S/C24H28N6O2.C21H18F3N5O2.C21H21N5O.C19H17N5O/c1-5-22(31)26-18-8-6-9-19(14-18)27-23-17(2)16-25-24(29-23)28-20-10-7-11-21(15-20)32-13-12-30(3)4;1-3-18(30)26-14-6-4-7-15(10-14)27-19-13(2)12-25-20(29-19)28-16-8-5-9-17(11-16)31-21(22,23)24;1-3-19(27)22-14-16-9-11-18(12-10-16)24-20-15(2)13-23-21(26-20)25-17-7-5-4-6-8-17;1-3-18(25)22-15-7-6-13(2)17(11-15)24-19-21-10-8-16(23-19)14-5-4-9-20-12-14/h5-11,14-16H,1,12-13H2,2-4H3,(H,26,31)(H2,25,27,28,29);3-12H,1H2,2H3,(H,26,30)(H2,25,27,28,29);3-13H,1,14H2,2H3,(H,22,27)(H2,23,24,25,26);3-12H,1H2,2H3,(H,22,25)(H,21,23,24). The van der Waals surface area contributed by atoms with E-state index in [1.54, 1.807) is 80.5 Å². The first-order valence-corrected chi connectivity index (χ1v) is 35.5. The molecular formula is C85H84F3N21O6. The van der Waals surface area contributed by atoms with Gasteiger partial charge in [-0.2, -0.15) is 15.0 Å². The lowest BCUT2D eigenvalue weighted by Gasteiger charge is -2.13. The van der Waals surface area contributed by atoms with Crippen LogP contribution in [0, 0.1) is 27.7 Å². The van der Waals surface area contributed by atoms with Crippen LogP contribution in [0.5, 0.6) is 11.5 Å². The number of aromatic nitrogens is 9. The van der Waals surface area contributed by atoms with Gasteiger partial charge in [-0.1, -0.05) is 87.0 Å². The fraction of sp³-hybridized carbons (Fsp3) is 0.118. The molecule has 0 saturated heterocycles. The van der Waals surface area contributed by atoms with Gasteiger partial charge >= 0.3 is 6.36 Å². The van der Waals surface area contributed by atoms with Gasteiger partial charge in [-0.15, -0.1) is 13.2 Å². The molecule has 27 nitrogen and oxygen atoms in total. The van der Waals surface area contributed by atoms with Crippen LogP contribution < -0.4 is 68.0 Å². The van der Waals surface area contributed by atoms with Crippen LogP contribution in [0.4, 0.5) is 111 Å². The van der Waals surface area contributed by atoms with Gasteiger partial charge in [0, 0.05) is 142 Å². The Morgan fingerprint density at radius 1 is 0.417 bits per heavy atom. The summed E-state index contributed by atoms with van der Waals surface area (Å²) in [5.41, 5.74) is 13.4. The van der Waals surface area contributed by atoms with Crippen LogP contribution in [0.2, 0.25) is 0 Å². The lowest BCUT2D eigenvalue weighted by atomic mass is 10.1. The van der Waals surface area contributed by atoms with Crippen molar-refractivity contribution in [2.75, 3.05) is 80.4 Å².